The van der Waals surface area contributed by atoms with Gasteiger partial charge in [-0.2, -0.15) is 5.10 Å². The molecule has 0 saturated carbocycles. The van der Waals surface area contributed by atoms with Crippen LogP contribution >= 0.6 is 0 Å². The fourth-order valence-electron chi connectivity index (χ4n) is 3.36. The summed E-state index contributed by atoms with van der Waals surface area (Å²) in [7, 11) is 0. The van der Waals surface area contributed by atoms with E-state index in [9.17, 15) is 0 Å². The van der Waals surface area contributed by atoms with Crippen molar-refractivity contribution in [3.63, 3.8) is 0 Å². The van der Waals surface area contributed by atoms with Crippen molar-refractivity contribution in [3.8, 4) is 5.69 Å². The summed E-state index contributed by atoms with van der Waals surface area (Å²) in [5.41, 5.74) is 13.9. The Morgan fingerprint density at radius 1 is 1.11 bits per heavy atom. The molecule has 0 atom stereocenters. The van der Waals surface area contributed by atoms with Gasteiger partial charge in [0.15, 0.2) is 5.65 Å². The highest BCUT2D eigenvalue weighted by atomic mass is 15.4. The van der Waals surface area contributed by atoms with E-state index in [-0.39, 0.29) is 0 Å². The van der Waals surface area contributed by atoms with Crippen LogP contribution in [0, 0.1) is 13.8 Å². The van der Waals surface area contributed by atoms with Gasteiger partial charge in [0.1, 0.15) is 0 Å². The Morgan fingerprint density at radius 3 is 2.56 bits per heavy atom. The Hall–Kier alpha value is -3.06. The van der Waals surface area contributed by atoms with Gasteiger partial charge < -0.3 is 5.73 Å². The maximum atomic E-state index is 5.61. The van der Waals surface area contributed by atoms with Crippen LogP contribution in [-0.4, -0.2) is 29.6 Å². The van der Waals surface area contributed by atoms with Gasteiger partial charge in [0, 0.05) is 29.9 Å². The van der Waals surface area contributed by atoms with Gasteiger partial charge >= 0.3 is 0 Å². The summed E-state index contributed by atoms with van der Waals surface area (Å²) in [4.78, 5) is 4.74. The van der Waals surface area contributed by atoms with E-state index in [2.05, 4.69) is 42.4 Å². The van der Waals surface area contributed by atoms with Crippen molar-refractivity contribution in [1.82, 2.24) is 29.6 Å². The lowest BCUT2D eigenvalue weighted by Crippen LogP contribution is -1.99. The first-order valence-corrected chi connectivity index (χ1v) is 9.14. The summed E-state index contributed by atoms with van der Waals surface area (Å²) < 4.78 is 3.70. The molecule has 4 rings (SSSR count). The molecule has 0 aliphatic heterocycles. The molecule has 0 bridgehead atoms. The van der Waals surface area contributed by atoms with Crippen LogP contribution < -0.4 is 5.73 Å². The lowest BCUT2D eigenvalue weighted by atomic mass is 10.0. The summed E-state index contributed by atoms with van der Waals surface area (Å²) in [6.07, 6.45) is 3.54. The molecule has 0 saturated heterocycles. The summed E-state index contributed by atoms with van der Waals surface area (Å²) >= 11 is 0. The van der Waals surface area contributed by atoms with Gasteiger partial charge in [0.25, 0.3) is 0 Å². The summed E-state index contributed by atoms with van der Waals surface area (Å²) in [6, 6.07) is 10.4. The fraction of sp³-hybridized carbons (Fsp3) is 0.300. The van der Waals surface area contributed by atoms with Crippen molar-refractivity contribution >= 4 is 5.65 Å². The number of nitrogens with zero attached hydrogens (tertiary/aromatic N) is 6. The number of aryl methyl sites for hydroxylation is 3. The summed E-state index contributed by atoms with van der Waals surface area (Å²) in [6.45, 7) is 6.62. The van der Waals surface area contributed by atoms with Crippen LogP contribution in [0.1, 0.15) is 40.8 Å². The minimum absolute atomic E-state index is 0.387. The number of nitrogens with two attached hydrogens (primary N) is 1. The number of fused-ring (bicyclic) bond motifs is 1. The van der Waals surface area contributed by atoms with Crippen LogP contribution in [0.3, 0.4) is 0 Å². The molecule has 7 nitrogen and oxygen atoms in total. The number of hydrogen-bond donors (Lipinski definition) is 1. The van der Waals surface area contributed by atoms with Crippen LogP contribution in [0.4, 0.5) is 0 Å². The lowest BCUT2D eigenvalue weighted by Gasteiger charge is -2.05. The van der Waals surface area contributed by atoms with E-state index in [0.29, 0.717) is 6.54 Å². The van der Waals surface area contributed by atoms with Crippen LogP contribution in [-0.2, 0) is 19.4 Å². The molecule has 3 aromatic heterocycles. The molecule has 0 fully saturated rings. The van der Waals surface area contributed by atoms with Gasteiger partial charge in [-0.15, -0.1) is 5.10 Å². The van der Waals surface area contributed by atoms with Crippen molar-refractivity contribution in [2.75, 3.05) is 0 Å². The van der Waals surface area contributed by atoms with Crippen molar-refractivity contribution in [2.24, 2.45) is 5.73 Å². The minimum atomic E-state index is 0.387. The molecule has 4 aromatic rings. The summed E-state index contributed by atoms with van der Waals surface area (Å²) in [5, 5.41) is 12.9. The first-order valence-electron chi connectivity index (χ1n) is 9.14. The molecule has 27 heavy (non-hydrogen) atoms. The molecule has 7 heteroatoms. The SMILES string of the molecule is CCc1nn2c(C)cc(C)nc2c1Cc1ccc(-n2cc(CN)nn2)cc1. The zero-order chi connectivity index (χ0) is 19.0. The lowest BCUT2D eigenvalue weighted by molar-refractivity contribution is 0.796. The van der Waals surface area contributed by atoms with Crippen molar-refractivity contribution < 1.29 is 0 Å². The third-order valence-electron chi connectivity index (χ3n) is 4.74. The monoisotopic (exact) mass is 361 g/mol. The molecular weight excluding hydrogens is 338 g/mol. The fourth-order valence-corrected chi connectivity index (χ4v) is 3.36. The number of aromatic nitrogens is 6. The maximum Gasteiger partial charge on any atom is 0.159 e. The quantitative estimate of drug-likeness (QED) is 0.590. The van der Waals surface area contributed by atoms with Crippen molar-refractivity contribution in [3.05, 3.63) is 70.4 Å². The molecule has 0 amide bonds. The smallest absolute Gasteiger partial charge is 0.159 e. The molecule has 3 heterocycles. The highest BCUT2D eigenvalue weighted by molar-refractivity contribution is 5.54. The second-order valence-electron chi connectivity index (χ2n) is 6.75. The van der Waals surface area contributed by atoms with E-state index >= 15 is 0 Å². The second-order valence-corrected chi connectivity index (χ2v) is 6.75. The largest absolute Gasteiger partial charge is 0.325 e. The molecule has 0 aliphatic rings. The van der Waals surface area contributed by atoms with E-state index in [0.717, 1.165) is 47.0 Å². The molecule has 2 N–H and O–H groups in total. The first kappa shape index (κ1) is 17.4. The summed E-state index contributed by atoms with van der Waals surface area (Å²) in [5.74, 6) is 0. The molecule has 0 radical (unpaired) electrons. The predicted octanol–water partition coefficient (Wildman–Crippen LogP) is 2.54. The van der Waals surface area contributed by atoms with Crippen LogP contribution in [0.5, 0.6) is 0 Å². The van der Waals surface area contributed by atoms with Crippen molar-refractivity contribution in [1.29, 1.82) is 0 Å². The van der Waals surface area contributed by atoms with Gasteiger partial charge in [-0.25, -0.2) is 14.2 Å². The highest BCUT2D eigenvalue weighted by Crippen LogP contribution is 2.21. The average molecular weight is 361 g/mol. The number of rotatable bonds is 5. The molecular formula is C20H23N7. The average Bonchev–Trinajstić information content (AvgIpc) is 3.28. The minimum Gasteiger partial charge on any atom is -0.325 e. The third-order valence-corrected chi connectivity index (χ3v) is 4.74. The molecule has 1 aromatic carbocycles. The Bertz CT molecular complexity index is 1090. The van der Waals surface area contributed by atoms with E-state index < -0.39 is 0 Å². The number of benzene rings is 1. The Kier molecular flexibility index (Phi) is 4.45. The van der Waals surface area contributed by atoms with Gasteiger partial charge in [-0.1, -0.05) is 24.3 Å². The standard InChI is InChI=1S/C20H23N7/c1-4-19-18(20-22-13(2)9-14(3)27(20)24-19)10-15-5-7-17(8-6-15)26-12-16(11-21)23-25-26/h5-9,12H,4,10-11,21H2,1-3H3. The zero-order valence-electron chi connectivity index (χ0n) is 15.8. The number of hydrogen-bond acceptors (Lipinski definition) is 5. The topological polar surface area (TPSA) is 86.9 Å². The normalized spacial score (nSPS) is 11.4. The highest BCUT2D eigenvalue weighted by Gasteiger charge is 2.15. The van der Waals surface area contributed by atoms with Crippen LogP contribution in [0.25, 0.3) is 11.3 Å². The van der Waals surface area contributed by atoms with E-state index in [1.165, 1.54) is 11.1 Å². The van der Waals surface area contributed by atoms with Crippen molar-refractivity contribution in [2.45, 2.75) is 40.2 Å². The zero-order valence-corrected chi connectivity index (χ0v) is 15.8. The van der Waals surface area contributed by atoms with Crippen LogP contribution in [0.15, 0.2) is 36.5 Å². The third kappa shape index (κ3) is 3.21. The maximum absolute atomic E-state index is 5.61. The van der Waals surface area contributed by atoms with Gasteiger partial charge in [-0.3, -0.25) is 0 Å². The van der Waals surface area contributed by atoms with Gasteiger partial charge in [0.2, 0.25) is 0 Å². The van der Waals surface area contributed by atoms with E-state index in [4.69, 9.17) is 15.8 Å². The van der Waals surface area contributed by atoms with Crippen LogP contribution in [0.2, 0.25) is 0 Å². The van der Waals surface area contributed by atoms with Gasteiger partial charge in [-0.05, 0) is 44.0 Å². The Labute approximate surface area is 157 Å². The Morgan fingerprint density at radius 2 is 1.89 bits per heavy atom. The molecule has 0 spiro atoms. The predicted molar refractivity (Wildman–Crippen MR) is 104 cm³/mol. The second kappa shape index (κ2) is 6.92. The molecule has 0 unspecified atom stereocenters. The van der Waals surface area contributed by atoms with E-state index in [1.807, 2.05) is 29.8 Å². The first-order chi connectivity index (χ1) is 13.1. The van der Waals surface area contributed by atoms with E-state index in [1.54, 1.807) is 4.68 Å². The molecule has 138 valence electrons. The Balaban J connectivity index is 1.68. The molecule has 0 aliphatic carbocycles. The van der Waals surface area contributed by atoms with Gasteiger partial charge in [0.05, 0.1) is 23.3 Å².